The van der Waals surface area contributed by atoms with Crippen molar-refractivity contribution < 1.29 is 0 Å². The van der Waals surface area contributed by atoms with E-state index in [0.29, 0.717) is 0 Å². The summed E-state index contributed by atoms with van der Waals surface area (Å²) < 4.78 is 1.86. The molecule has 0 saturated carbocycles. The molecule has 0 atom stereocenters. The van der Waals surface area contributed by atoms with Crippen LogP contribution in [0.2, 0.25) is 0 Å². The van der Waals surface area contributed by atoms with E-state index in [4.69, 9.17) is 0 Å². The Balaban J connectivity index is 1.93. The Hall–Kier alpha value is -1.95. The van der Waals surface area contributed by atoms with Gasteiger partial charge in [-0.2, -0.15) is 5.10 Å². The van der Waals surface area contributed by atoms with Crippen molar-refractivity contribution in [3.05, 3.63) is 29.8 Å². The lowest BCUT2D eigenvalue weighted by Crippen LogP contribution is -2.43. The Labute approximate surface area is 112 Å². The quantitative estimate of drug-likeness (QED) is 0.859. The lowest BCUT2D eigenvalue weighted by atomic mass is 10.3. The van der Waals surface area contributed by atoms with Gasteiger partial charge in [0.05, 0.1) is 5.69 Å². The normalized spacial score (nSPS) is 15.8. The van der Waals surface area contributed by atoms with E-state index in [-0.39, 0.29) is 0 Å². The van der Waals surface area contributed by atoms with Crippen LogP contribution in [0, 0.1) is 13.8 Å². The van der Waals surface area contributed by atoms with Gasteiger partial charge in [0.1, 0.15) is 12.1 Å². The fourth-order valence-electron chi connectivity index (χ4n) is 2.38. The minimum atomic E-state index is 0.828. The number of hydrogen-bond donors (Lipinski definition) is 1. The molecule has 1 saturated heterocycles. The number of hydrogen-bond acceptors (Lipinski definition) is 5. The second kappa shape index (κ2) is 4.97. The number of nitrogens with zero attached hydrogens (tertiary/aromatic N) is 5. The van der Waals surface area contributed by atoms with Crippen molar-refractivity contribution in [3.63, 3.8) is 0 Å². The summed E-state index contributed by atoms with van der Waals surface area (Å²) >= 11 is 0. The Morgan fingerprint density at radius 3 is 2.47 bits per heavy atom. The van der Waals surface area contributed by atoms with E-state index in [1.807, 2.05) is 30.7 Å². The van der Waals surface area contributed by atoms with E-state index in [9.17, 15) is 0 Å². The van der Waals surface area contributed by atoms with Crippen molar-refractivity contribution in [1.82, 2.24) is 25.1 Å². The Kier molecular flexibility index (Phi) is 3.16. The van der Waals surface area contributed by atoms with Gasteiger partial charge in [-0.15, -0.1) is 0 Å². The van der Waals surface area contributed by atoms with Gasteiger partial charge in [-0.3, -0.25) is 0 Å². The van der Waals surface area contributed by atoms with E-state index in [2.05, 4.69) is 25.3 Å². The van der Waals surface area contributed by atoms with E-state index >= 15 is 0 Å². The van der Waals surface area contributed by atoms with Gasteiger partial charge in [-0.05, 0) is 19.9 Å². The molecule has 3 rings (SSSR count). The number of nitrogens with one attached hydrogen (secondary N) is 1. The molecule has 0 aromatic carbocycles. The zero-order valence-corrected chi connectivity index (χ0v) is 11.3. The average Bonchev–Trinajstić information content (AvgIpc) is 2.79. The Bertz CT molecular complexity index is 570. The van der Waals surface area contributed by atoms with Crippen molar-refractivity contribution in [2.24, 2.45) is 0 Å². The van der Waals surface area contributed by atoms with Gasteiger partial charge < -0.3 is 10.2 Å². The standard InChI is InChI=1S/C13H18N6/c1-10-7-11(2)19(17-10)13-8-12(15-9-16-13)18-5-3-14-4-6-18/h7-9,14H,3-6H2,1-2H3. The summed E-state index contributed by atoms with van der Waals surface area (Å²) in [6.07, 6.45) is 1.61. The van der Waals surface area contributed by atoms with Crippen molar-refractivity contribution in [2.75, 3.05) is 31.1 Å². The molecule has 1 fully saturated rings. The smallest absolute Gasteiger partial charge is 0.159 e. The van der Waals surface area contributed by atoms with Crippen LogP contribution in [-0.2, 0) is 0 Å². The maximum absolute atomic E-state index is 4.46. The van der Waals surface area contributed by atoms with Crippen LogP contribution in [0.15, 0.2) is 18.5 Å². The first-order valence-corrected chi connectivity index (χ1v) is 6.55. The molecule has 2 aromatic heterocycles. The number of piperazine rings is 1. The molecule has 1 N–H and O–H groups in total. The fraction of sp³-hybridized carbons (Fsp3) is 0.462. The molecule has 19 heavy (non-hydrogen) atoms. The van der Waals surface area contributed by atoms with Crippen LogP contribution in [0.25, 0.3) is 5.82 Å². The zero-order chi connectivity index (χ0) is 13.2. The molecule has 0 radical (unpaired) electrons. The summed E-state index contributed by atoms with van der Waals surface area (Å²) in [7, 11) is 0. The number of rotatable bonds is 2. The third-order valence-electron chi connectivity index (χ3n) is 3.31. The maximum atomic E-state index is 4.46. The van der Waals surface area contributed by atoms with Crippen LogP contribution in [-0.4, -0.2) is 45.9 Å². The minimum absolute atomic E-state index is 0.828. The highest BCUT2D eigenvalue weighted by Crippen LogP contribution is 2.15. The Morgan fingerprint density at radius 2 is 1.79 bits per heavy atom. The molecule has 0 unspecified atom stereocenters. The third kappa shape index (κ3) is 2.44. The topological polar surface area (TPSA) is 58.9 Å². The van der Waals surface area contributed by atoms with Crippen LogP contribution in [0.1, 0.15) is 11.4 Å². The van der Waals surface area contributed by atoms with Gasteiger partial charge in [0.15, 0.2) is 5.82 Å². The number of aryl methyl sites for hydroxylation is 2. The molecule has 100 valence electrons. The largest absolute Gasteiger partial charge is 0.354 e. The van der Waals surface area contributed by atoms with Gasteiger partial charge in [0.25, 0.3) is 0 Å². The second-order valence-corrected chi connectivity index (χ2v) is 4.81. The van der Waals surface area contributed by atoms with Crippen molar-refractivity contribution >= 4 is 5.82 Å². The summed E-state index contributed by atoms with van der Waals surface area (Å²) in [5.41, 5.74) is 2.09. The highest BCUT2D eigenvalue weighted by atomic mass is 15.3. The van der Waals surface area contributed by atoms with Crippen LogP contribution < -0.4 is 10.2 Å². The number of anilines is 1. The van der Waals surface area contributed by atoms with E-state index in [0.717, 1.165) is 49.2 Å². The maximum Gasteiger partial charge on any atom is 0.159 e. The van der Waals surface area contributed by atoms with E-state index in [1.165, 1.54) is 0 Å². The molecule has 0 spiro atoms. The lowest BCUT2D eigenvalue weighted by Gasteiger charge is -2.28. The predicted octanol–water partition coefficient (Wildman–Crippen LogP) is 0.689. The summed E-state index contributed by atoms with van der Waals surface area (Å²) in [4.78, 5) is 11.0. The molecule has 0 amide bonds. The summed E-state index contributed by atoms with van der Waals surface area (Å²) in [6, 6.07) is 4.05. The fourth-order valence-corrected chi connectivity index (χ4v) is 2.38. The second-order valence-electron chi connectivity index (χ2n) is 4.81. The summed E-state index contributed by atoms with van der Waals surface area (Å²) in [5.74, 6) is 1.80. The van der Waals surface area contributed by atoms with Crippen molar-refractivity contribution in [2.45, 2.75) is 13.8 Å². The molecule has 1 aliphatic heterocycles. The molecule has 0 aliphatic carbocycles. The molecule has 6 heteroatoms. The predicted molar refractivity (Wildman–Crippen MR) is 73.7 cm³/mol. The van der Waals surface area contributed by atoms with Gasteiger partial charge in [0, 0.05) is 37.9 Å². The van der Waals surface area contributed by atoms with Crippen molar-refractivity contribution in [3.8, 4) is 5.82 Å². The molecule has 1 aliphatic rings. The first-order chi connectivity index (χ1) is 9.24. The highest BCUT2D eigenvalue weighted by molar-refractivity contribution is 5.44. The van der Waals surface area contributed by atoms with Crippen LogP contribution in [0.4, 0.5) is 5.82 Å². The molecule has 2 aromatic rings. The SMILES string of the molecule is Cc1cc(C)n(-c2cc(N3CCNCC3)ncn2)n1. The van der Waals surface area contributed by atoms with Gasteiger partial charge in [0.2, 0.25) is 0 Å². The third-order valence-corrected chi connectivity index (χ3v) is 3.31. The molecule has 3 heterocycles. The van der Waals surface area contributed by atoms with Gasteiger partial charge >= 0.3 is 0 Å². The van der Waals surface area contributed by atoms with Crippen LogP contribution in [0.5, 0.6) is 0 Å². The monoisotopic (exact) mass is 258 g/mol. The van der Waals surface area contributed by atoms with E-state index < -0.39 is 0 Å². The summed E-state index contributed by atoms with van der Waals surface area (Å²) in [5, 5.41) is 7.80. The molecule has 6 nitrogen and oxygen atoms in total. The van der Waals surface area contributed by atoms with Gasteiger partial charge in [-0.25, -0.2) is 14.6 Å². The lowest BCUT2D eigenvalue weighted by molar-refractivity contribution is 0.584. The van der Waals surface area contributed by atoms with Crippen LogP contribution >= 0.6 is 0 Å². The average molecular weight is 258 g/mol. The zero-order valence-electron chi connectivity index (χ0n) is 11.3. The Morgan fingerprint density at radius 1 is 1.05 bits per heavy atom. The van der Waals surface area contributed by atoms with E-state index in [1.54, 1.807) is 6.33 Å². The first-order valence-electron chi connectivity index (χ1n) is 6.55. The first kappa shape index (κ1) is 12.1. The highest BCUT2D eigenvalue weighted by Gasteiger charge is 2.13. The minimum Gasteiger partial charge on any atom is -0.354 e. The van der Waals surface area contributed by atoms with Gasteiger partial charge in [-0.1, -0.05) is 0 Å². The van der Waals surface area contributed by atoms with Crippen molar-refractivity contribution in [1.29, 1.82) is 0 Å². The summed E-state index contributed by atoms with van der Waals surface area (Å²) in [6.45, 7) is 7.98. The number of aromatic nitrogens is 4. The molecular weight excluding hydrogens is 240 g/mol. The molecule has 0 bridgehead atoms. The van der Waals surface area contributed by atoms with Crippen LogP contribution in [0.3, 0.4) is 0 Å². The molecular formula is C13H18N6.